The average Bonchev–Trinajstić information content (AvgIpc) is 2.42. The molecule has 1 aromatic rings. The average molecular weight is 296 g/mol. The maximum atomic E-state index is 10.9. The summed E-state index contributed by atoms with van der Waals surface area (Å²) in [7, 11) is -2.95. The van der Waals surface area contributed by atoms with Crippen LogP contribution in [0.1, 0.15) is 6.04 Å². The monoisotopic (exact) mass is 295 g/mol. The van der Waals surface area contributed by atoms with Gasteiger partial charge < -0.3 is 0 Å². The van der Waals surface area contributed by atoms with E-state index in [1.165, 1.54) is 10.9 Å². The van der Waals surface area contributed by atoms with E-state index in [2.05, 4.69) is 21.0 Å². The smallest absolute Gasteiger partial charge is 0.259 e. The van der Waals surface area contributed by atoms with Gasteiger partial charge in [-0.3, -0.25) is 14.8 Å². The normalized spacial score (nSPS) is 19.8. The standard InChI is InChI=1S/C6H6BrN3O4S/c7-6-5(10(11)12)1-9(8-6)4-2-15(13,14)3-4/h1,4H,2-3H2. The van der Waals surface area contributed by atoms with Gasteiger partial charge in [0.25, 0.3) is 0 Å². The molecule has 2 rings (SSSR count). The quantitative estimate of drug-likeness (QED) is 0.585. The Morgan fingerprint density at radius 3 is 2.60 bits per heavy atom. The molecule has 0 N–H and O–H groups in total. The first-order chi connectivity index (χ1) is 6.89. The highest BCUT2D eigenvalue weighted by Crippen LogP contribution is 2.29. The molecule has 0 radical (unpaired) electrons. The summed E-state index contributed by atoms with van der Waals surface area (Å²) in [6.45, 7) is 0. The molecule has 2 heterocycles. The number of aromatic nitrogens is 2. The summed E-state index contributed by atoms with van der Waals surface area (Å²) in [4.78, 5) is 9.93. The topological polar surface area (TPSA) is 95.1 Å². The highest BCUT2D eigenvalue weighted by molar-refractivity contribution is 9.10. The third kappa shape index (κ3) is 1.88. The molecule has 1 aliphatic heterocycles. The Balaban J connectivity index is 2.25. The van der Waals surface area contributed by atoms with Crippen LogP contribution in [0.25, 0.3) is 0 Å². The summed E-state index contributed by atoms with van der Waals surface area (Å²) >= 11 is 2.94. The van der Waals surface area contributed by atoms with E-state index < -0.39 is 14.8 Å². The van der Waals surface area contributed by atoms with Crippen molar-refractivity contribution in [2.24, 2.45) is 0 Å². The minimum absolute atomic E-state index is 0.00171. The molecule has 0 saturated carbocycles. The van der Waals surface area contributed by atoms with Crippen molar-refractivity contribution in [3.63, 3.8) is 0 Å². The molecule has 0 amide bonds. The molecule has 1 fully saturated rings. The molecule has 0 unspecified atom stereocenters. The maximum Gasteiger partial charge on any atom is 0.321 e. The predicted octanol–water partition coefficient (Wildman–Crippen LogP) is 0.523. The van der Waals surface area contributed by atoms with Crippen LogP contribution in [0.5, 0.6) is 0 Å². The van der Waals surface area contributed by atoms with Crippen LogP contribution in [-0.2, 0) is 9.84 Å². The number of nitrogens with zero attached hydrogens (tertiary/aromatic N) is 3. The van der Waals surface area contributed by atoms with Crippen LogP contribution in [-0.4, -0.2) is 34.6 Å². The van der Waals surface area contributed by atoms with Gasteiger partial charge in [-0.1, -0.05) is 0 Å². The van der Waals surface area contributed by atoms with Crippen molar-refractivity contribution in [3.05, 3.63) is 20.9 Å². The van der Waals surface area contributed by atoms with E-state index in [9.17, 15) is 18.5 Å². The van der Waals surface area contributed by atoms with E-state index in [0.29, 0.717) is 0 Å². The Bertz CT molecular complexity index is 510. The van der Waals surface area contributed by atoms with E-state index in [0.717, 1.165) is 0 Å². The van der Waals surface area contributed by atoms with Gasteiger partial charge in [-0.05, 0) is 15.9 Å². The molecule has 82 valence electrons. The van der Waals surface area contributed by atoms with E-state index >= 15 is 0 Å². The van der Waals surface area contributed by atoms with Crippen molar-refractivity contribution in [1.82, 2.24) is 9.78 Å². The van der Waals surface area contributed by atoms with Crippen LogP contribution >= 0.6 is 15.9 Å². The fraction of sp³-hybridized carbons (Fsp3) is 0.500. The van der Waals surface area contributed by atoms with Crippen molar-refractivity contribution in [2.75, 3.05) is 11.5 Å². The van der Waals surface area contributed by atoms with Gasteiger partial charge in [0, 0.05) is 0 Å². The molecule has 1 aromatic heterocycles. The van der Waals surface area contributed by atoms with Crippen LogP contribution in [0.4, 0.5) is 5.69 Å². The Morgan fingerprint density at radius 1 is 1.60 bits per heavy atom. The molecule has 1 saturated heterocycles. The third-order valence-corrected chi connectivity index (χ3v) is 4.48. The summed E-state index contributed by atoms with van der Waals surface area (Å²) < 4.78 is 23.3. The van der Waals surface area contributed by atoms with Crippen LogP contribution in [0.2, 0.25) is 0 Å². The van der Waals surface area contributed by atoms with E-state index in [1.807, 2.05) is 0 Å². The second-order valence-electron chi connectivity index (χ2n) is 3.27. The van der Waals surface area contributed by atoms with Gasteiger partial charge in [0.05, 0.1) is 22.5 Å². The highest BCUT2D eigenvalue weighted by Gasteiger charge is 2.36. The molecular formula is C6H6BrN3O4S. The third-order valence-electron chi connectivity index (χ3n) is 2.13. The number of rotatable bonds is 2. The van der Waals surface area contributed by atoms with Crippen molar-refractivity contribution >= 4 is 31.5 Å². The summed E-state index contributed by atoms with van der Waals surface area (Å²) in [5, 5.41) is 14.3. The Morgan fingerprint density at radius 2 is 2.20 bits per heavy atom. The van der Waals surface area contributed by atoms with Crippen molar-refractivity contribution in [3.8, 4) is 0 Å². The maximum absolute atomic E-state index is 10.9. The van der Waals surface area contributed by atoms with Crippen molar-refractivity contribution in [2.45, 2.75) is 6.04 Å². The molecule has 0 atom stereocenters. The van der Waals surface area contributed by atoms with Gasteiger partial charge in [0.1, 0.15) is 6.20 Å². The zero-order chi connectivity index (χ0) is 11.2. The molecule has 1 aliphatic rings. The van der Waals surface area contributed by atoms with Crippen LogP contribution in [0.3, 0.4) is 0 Å². The fourth-order valence-electron chi connectivity index (χ4n) is 1.36. The lowest BCUT2D eigenvalue weighted by Crippen LogP contribution is -2.38. The van der Waals surface area contributed by atoms with Gasteiger partial charge in [-0.15, -0.1) is 0 Å². The number of hydrogen-bond donors (Lipinski definition) is 0. The van der Waals surface area contributed by atoms with Gasteiger partial charge in [0.2, 0.25) is 4.60 Å². The zero-order valence-corrected chi connectivity index (χ0v) is 9.73. The lowest BCUT2D eigenvalue weighted by atomic mass is 10.4. The highest BCUT2D eigenvalue weighted by atomic mass is 79.9. The summed E-state index contributed by atoms with van der Waals surface area (Å²) in [5.41, 5.74) is -0.153. The first-order valence-electron chi connectivity index (χ1n) is 3.98. The zero-order valence-electron chi connectivity index (χ0n) is 7.33. The van der Waals surface area contributed by atoms with E-state index in [1.54, 1.807) is 0 Å². The van der Waals surface area contributed by atoms with E-state index in [4.69, 9.17) is 0 Å². The fourth-order valence-corrected chi connectivity index (χ4v) is 3.17. The van der Waals surface area contributed by atoms with Gasteiger partial charge >= 0.3 is 5.69 Å². The molecule has 7 nitrogen and oxygen atoms in total. The molecule has 0 bridgehead atoms. The Hall–Kier alpha value is -0.960. The first-order valence-corrected chi connectivity index (χ1v) is 6.60. The number of nitro groups is 1. The molecule has 9 heteroatoms. The number of hydrogen-bond acceptors (Lipinski definition) is 5. The number of sulfone groups is 1. The summed E-state index contributed by atoms with van der Waals surface area (Å²) in [5.74, 6) is -0.00342. The number of halogens is 1. The minimum Gasteiger partial charge on any atom is -0.259 e. The first kappa shape index (κ1) is 10.6. The lowest BCUT2D eigenvalue weighted by molar-refractivity contribution is -0.385. The minimum atomic E-state index is -2.95. The second-order valence-corrected chi connectivity index (χ2v) is 6.18. The van der Waals surface area contributed by atoms with Crippen molar-refractivity contribution in [1.29, 1.82) is 0 Å². The predicted molar refractivity (Wildman–Crippen MR) is 54.3 cm³/mol. The van der Waals surface area contributed by atoms with Gasteiger partial charge in [-0.25, -0.2) is 8.42 Å². The van der Waals surface area contributed by atoms with Crippen LogP contribution in [0, 0.1) is 10.1 Å². The molecular weight excluding hydrogens is 290 g/mol. The van der Waals surface area contributed by atoms with E-state index in [-0.39, 0.29) is 27.8 Å². The van der Waals surface area contributed by atoms with Gasteiger partial charge in [0.15, 0.2) is 9.84 Å². The van der Waals surface area contributed by atoms with Crippen molar-refractivity contribution < 1.29 is 13.3 Å². The largest absolute Gasteiger partial charge is 0.321 e. The summed E-state index contributed by atoms with van der Waals surface area (Å²) in [6.07, 6.45) is 1.24. The SMILES string of the molecule is O=[N+]([O-])c1cn(C2CS(=O)(=O)C2)nc1Br. The Kier molecular flexibility index (Phi) is 2.30. The Labute approximate surface area is 93.3 Å². The van der Waals surface area contributed by atoms with Crippen LogP contribution in [0.15, 0.2) is 10.8 Å². The lowest BCUT2D eigenvalue weighted by Gasteiger charge is -2.25. The molecule has 0 aromatic carbocycles. The second kappa shape index (κ2) is 3.27. The van der Waals surface area contributed by atoms with Crippen LogP contribution < -0.4 is 0 Å². The van der Waals surface area contributed by atoms with Gasteiger partial charge in [-0.2, -0.15) is 5.10 Å². The molecule has 15 heavy (non-hydrogen) atoms. The summed E-state index contributed by atoms with van der Waals surface area (Å²) in [6, 6.07) is -0.278. The molecule has 0 aliphatic carbocycles. The molecule has 0 spiro atoms.